The van der Waals surface area contributed by atoms with Crippen LogP contribution in [0.4, 0.5) is 20.7 Å². The molecular weight excluding hydrogens is 844 g/mol. The number of phenols is 1. The molecule has 5 aliphatic heterocycles. The van der Waals surface area contributed by atoms with E-state index in [2.05, 4.69) is 32.3 Å². The van der Waals surface area contributed by atoms with Crippen LogP contribution < -0.4 is 29.9 Å². The second kappa shape index (κ2) is 18.6. The number of urea groups is 1. The summed E-state index contributed by atoms with van der Waals surface area (Å²) in [6.45, 7) is 10.7. The van der Waals surface area contributed by atoms with Gasteiger partial charge in [-0.15, -0.1) is 0 Å². The van der Waals surface area contributed by atoms with Crippen molar-refractivity contribution in [2.75, 3.05) is 95.5 Å². The molecule has 0 saturated carbocycles. The van der Waals surface area contributed by atoms with E-state index in [0.717, 1.165) is 94.3 Å². The Hall–Kier alpha value is -6.17. The van der Waals surface area contributed by atoms with Gasteiger partial charge in [-0.1, -0.05) is 25.1 Å². The number of carbonyl (C=O) groups excluding carboxylic acids is 3. The predicted octanol–water partition coefficient (Wildman–Crippen LogP) is 5.20. The lowest BCUT2D eigenvalue weighted by Crippen LogP contribution is -2.51. The van der Waals surface area contributed by atoms with Gasteiger partial charge in [-0.05, 0) is 84.7 Å². The summed E-state index contributed by atoms with van der Waals surface area (Å²) in [5.74, 6) is 0.638. The molecule has 5 fully saturated rings. The number of aromatic nitrogens is 3. The molecule has 3 N–H and O–H groups in total. The SMILES string of the molecule is CCc1cccc2cc(O)cc(-c3ncc4c(N5CC6CCC(C5)N6)nc(OCCN5CCN(CC6CCN(C(=O)c7ccc(OC)c(N8CCC(=O)NC8=O)c7)CC6)CC5)nc4c3F)c12. The minimum Gasteiger partial charge on any atom is -0.508 e. The number of imide groups is 1. The van der Waals surface area contributed by atoms with Crippen LogP contribution in [0.1, 0.15) is 54.9 Å². The Morgan fingerprint density at radius 1 is 0.924 bits per heavy atom. The van der Waals surface area contributed by atoms with Crippen LogP contribution in [0, 0.1) is 11.7 Å². The molecule has 5 aliphatic rings. The minimum absolute atomic E-state index is 0.0425. The number of amides is 4. The van der Waals surface area contributed by atoms with Crippen molar-refractivity contribution in [1.29, 1.82) is 0 Å². The zero-order chi connectivity index (χ0) is 45.5. The molecule has 2 atom stereocenters. The number of hydrogen-bond donors (Lipinski definition) is 3. The van der Waals surface area contributed by atoms with Crippen molar-refractivity contribution in [1.82, 2.24) is 40.3 Å². The number of ether oxygens (including phenoxy) is 2. The Balaban J connectivity index is 0.764. The van der Waals surface area contributed by atoms with Crippen LogP contribution in [-0.2, 0) is 11.2 Å². The van der Waals surface area contributed by atoms with Crippen LogP contribution in [-0.4, -0.2) is 150 Å². The molecule has 0 aliphatic carbocycles. The van der Waals surface area contributed by atoms with Crippen molar-refractivity contribution in [3.63, 3.8) is 0 Å². The van der Waals surface area contributed by atoms with Crippen molar-refractivity contribution < 1.29 is 33.4 Å². The maximum atomic E-state index is 17.0. The molecule has 0 spiro atoms. The van der Waals surface area contributed by atoms with Crippen LogP contribution in [0.25, 0.3) is 32.9 Å². The average Bonchev–Trinajstić information content (AvgIpc) is 3.67. The van der Waals surface area contributed by atoms with Gasteiger partial charge in [0, 0.05) is 108 Å². The maximum absolute atomic E-state index is 17.0. The number of aryl methyl sites for hydroxylation is 1. The summed E-state index contributed by atoms with van der Waals surface area (Å²) in [5, 5.41) is 19.0. The fourth-order valence-electron chi connectivity index (χ4n) is 10.6. The number of nitrogens with zero attached hydrogens (tertiary/aromatic N) is 8. The molecule has 16 nitrogen and oxygen atoms in total. The summed E-state index contributed by atoms with van der Waals surface area (Å²) in [7, 11) is 1.52. The van der Waals surface area contributed by atoms with Crippen molar-refractivity contribution in [2.45, 2.75) is 57.5 Å². The molecule has 5 aromatic rings. The Morgan fingerprint density at radius 3 is 2.44 bits per heavy atom. The Kier molecular flexibility index (Phi) is 12.3. The normalized spacial score (nSPS) is 20.9. The smallest absolute Gasteiger partial charge is 0.328 e. The number of pyridine rings is 1. The molecule has 346 valence electrons. The first-order valence-electron chi connectivity index (χ1n) is 23.4. The number of rotatable bonds is 12. The topological polar surface area (TPSA) is 169 Å². The van der Waals surface area contributed by atoms with Gasteiger partial charge in [-0.3, -0.25) is 29.7 Å². The summed E-state index contributed by atoms with van der Waals surface area (Å²) < 4.78 is 28.8. The summed E-state index contributed by atoms with van der Waals surface area (Å²) >= 11 is 0. The van der Waals surface area contributed by atoms with E-state index in [-0.39, 0.29) is 47.8 Å². The molecule has 2 bridgehead atoms. The number of carbonyl (C=O) groups is 3. The molecule has 10 rings (SSSR count). The van der Waals surface area contributed by atoms with E-state index >= 15 is 4.39 Å². The fourth-order valence-corrected chi connectivity index (χ4v) is 10.6. The van der Waals surface area contributed by atoms with Crippen molar-refractivity contribution in [3.05, 3.63) is 71.7 Å². The second-order valence-electron chi connectivity index (χ2n) is 18.3. The Bertz CT molecular complexity index is 2660. The zero-order valence-corrected chi connectivity index (χ0v) is 37.6. The molecular formula is C49H57FN10O6. The highest BCUT2D eigenvalue weighted by molar-refractivity contribution is 6.07. The van der Waals surface area contributed by atoms with Crippen molar-refractivity contribution in [3.8, 4) is 28.8 Å². The highest BCUT2D eigenvalue weighted by atomic mass is 19.1. The van der Waals surface area contributed by atoms with Gasteiger partial charge in [0.1, 0.15) is 35.1 Å². The summed E-state index contributed by atoms with van der Waals surface area (Å²) in [5.41, 5.74) is 2.80. The van der Waals surface area contributed by atoms with E-state index in [1.807, 2.05) is 23.1 Å². The lowest BCUT2D eigenvalue weighted by atomic mass is 9.95. The molecule has 7 heterocycles. The molecule has 2 unspecified atom stereocenters. The quantitative estimate of drug-likeness (QED) is 0.150. The van der Waals surface area contributed by atoms with E-state index < -0.39 is 11.8 Å². The number of fused-ring (bicyclic) bond motifs is 4. The molecule has 0 radical (unpaired) electrons. The van der Waals surface area contributed by atoms with Gasteiger partial charge in [-0.25, -0.2) is 9.18 Å². The number of nitrogens with one attached hydrogen (secondary N) is 2. The molecule has 17 heteroatoms. The molecule has 5 saturated heterocycles. The van der Waals surface area contributed by atoms with E-state index in [1.54, 1.807) is 36.5 Å². The zero-order valence-electron chi connectivity index (χ0n) is 37.6. The van der Waals surface area contributed by atoms with E-state index in [1.165, 1.54) is 12.0 Å². The molecule has 2 aromatic heterocycles. The number of aromatic hydroxyl groups is 1. The lowest BCUT2D eigenvalue weighted by molar-refractivity contribution is -0.120. The molecule has 66 heavy (non-hydrogen) atoms. The number of likely N-dealkylation sites (tertiary alicyclic amines) is 1. The monoisotopic (exact) mass is 900 g/mol. The number of halogens is 1. The number of methoxy groups -OCH3 is 1. The molecule has 4 amide bonds. The largest absolute Gasteiger partial charge is 0.508 e. The number of piperidine rings is 1. The Morgan fingerprint density at radius 2 is 1.70 bits per heavy atom. The first-order valence-corrected chi connectivity index (χ1v) is 23.4. The molecule has 3 aromatic carbocycles. The first kappa shape index (κ1) is 43.7. The predicted molar refractivity (Wildman–Crippen MR) is 249 cm³/mol. The number of piperazine rings is 2. The third kappa shape index (κ3) is 8.78. The highest BCUT2D eigenvalue weighted by Gasteiger charge is 2.35. The van der Waals surface area contributed by atoms with Crippen LogP contribution in [0.2, 0.25) is 0 Å². The van der Waals surface area contributed by atoms with Crippen LogP contribution in [0.5, 0.6) is 17.5 Å². The number of anilines is 2. The number of phenolic OH excluding ortho intramolecular Hbond substituents is 1. The lowest BCUT2D eigenvalue weighted by Gasteiger charge is -2.39. The van der Waals surface area contributed by atoms with Gasteiger partial charge in [0.05, 0.1) is 18.2 Å². The third-order valence-corrected chi connectivity index (χ3v) is 14.1. The summed E-state index contributed by atoms with van der Waals surface area (Å²) in [6, 6.07) is 14.6. The fraction of sp³-hybridized carbons (Fsp3) is 0.469. The van der Waals surface area contributed by atoms with Crippen LogP contribution >= 0.6 is 0 Å². The van der Waals surface area contributed by atoms with E-state index in [0.29, 0.717) is 78.0 Å². The third-order valence-electron chi connectivity index (χ3n) is 14.1. The van der Waals surface area contributed by atoms with Crippen molar-refractivity contribution >= 4 is 51.0 Å². The average molecular weight is 901 g/mol. The Labute approximate surface area is 383 Å². The van der Waals surface area contributed by atoms with Gasteiger partial charge < -0.3 is 34.6 Å². The van der Waals surface area contributed by atoms with Gasteiger partial charge in [0.15, 0.2) is 5.82 Å². The second-order valence-corrected chi connectivity index (χ2v) is 18.3. The minimum atomic E-state index is -0.568. The van der Waals surface area contributed by atoms with E-state index in [4.69, 9.17) is 24.4 Å². The van der Waals surface area contributed by atoms with E-state index in [9.17, 15) is 19.5 Å². The van der Waals surface area contributed by atoms with Gasteiger partial charge in [0.2, 0.25) is 5.91 Å². The summed E-state index contributed by atoms with van der Waals surface area (Å²) in [4.78, 5) is 62.7. The standard InChI is InChI=1S/C49H57FN10O6/c1-3-31-5-4-6-32-23-36(61)25-37(42(31)32)44-43(50)45-38(26-51-44)46(59-28-34-8-9-35(29-59)52-34)55-48(54-45)66-22-21-56-17-19-57(20-18-56)27-30-11-14-58(15-12-30)47(63)33-7-10-40(65-2)39(24-33)60-16-13-41(62)53-49(60)64/h4-7,10,23-26,30,34-35,52,61H,3,8-9,11-22,27-29H2,1-2H3,(H,53,62,64). The summed E-state index contributed by atoms with van der Waals surface area (Å²) in [6.07, 6.45) is 6.58. The van der Waals surface area contributed by atoms with Crippen LogP contribution in [0.3, 0.4) is 0 Å². The van der Waals surface area contributed by atoms with Crippen molar-refractivity contribution in [2.24, 2.45) is 5.92 Å². The highest BCUT2D eigenvalue weighted by Crippen LogP contribution is 2.39. The number of hydrogen-bond acceptors (Lipinski definition) is 13. The maximum Gasteiger partial charge on any atom is 0.328 e. The first-order chi connectivity index (χ1) is 32.1. The van der Waals surface area contributed by atoms with Crippen LogP contribution in [0.15, 0.2) is 54.7 Å². The van der Waals surface area contributed by atoms with Gasteiger partial charge in [0.25, 0.3) is 5.91 Å². The van der Waals surface area contributed by atoms with Gasteiger partial charge in [-0.2, -0.15) is 9.97 Å². The number of benzene rings is 3. The van der Waals surface area contributed by atoms with Gasteiger partial charge >= 0.3 is 12.0 Å².